The summed E-state index contributed by atoms with van der Waals surface area (Å²) in [5.41, 5.74) is 2.74. The number of aromatic nitrogens is 3. The third-order valence-corrected chi connectivity index (χ3v) is 4.71. The number of fused-ring (bicyclic) bond motifs is 1. The van der Waals surface area contributed by atoms with E-state index >= 15 is 0 Å². The lowest BCUT2D eigenvalue weighted by Gasteiger charge is -2.26. The van der Waals surface area contributed by atoms with Crippen molar-refractivity contribution in [2.45, 2.75) is 12.5 Å². The zero-order chi connectivity index (χ0) is 16.5. The fourth-order valence-corrected chi connectivity index (χ4v) is 3.34. The van der Waals surface area contributed by atoms with Crippen LogP contribution < -0.4 is 9.80 Å². The average Bonchev–Trinajstić information content (AvgIpc) is 3.30. The van der Waals surface area contributed by atoms with Crippen LogP contribution in [0.5, 0.6) is 0 Å². The van der Waals surface area contributed by atoms with Gasteiger partial charge in [-0.15, -0.1) is 0 Å². The summed E-state index contributed by atoms with van der Waals surface area (Å²) in [6.45, 7) is 8.98. The second-order valence-corrected chi connectivity index (χ2v) is 6.06. The second-order valence-electron chi connectivity index (χ2n) is 6.06. The van der Waals surface area contributed by atoms with Crippen molar-refractivity contribution < 1.29 is 0 Å². The molecule has 24 heavy (non-hydrogen) atoms. The first-order valence-corrected chi connectivity index (χ1v) is 7.99. The summed E-state index contributed by atoms with van der Waals surface area (Å²) in [5.74, 6) is 0.913. The van der Waals surface area contributed by atoms with Gasteiger partial charge < -0.3 is 14.8 Å². The molecule has 0 aromatic carbocycles. The summed E-state index contributed by atoms with van der Waals surface area (Å²) in [7, 11) is 2.08. The number of aromatic amines is 1. The number of nitrogens with one attached hydrogen (secondary N) is 1. The molecule has 6 heteroatoms. The fourth-order valence-electron chi connectivity index (χ4n) is 3.34. The number of rotatable bonds is 3. The molecule has 0 amide bonds. The van der Waals surface area contributed by atoms with Gasteiger partial charge in [-0.05, 0) is 24.6 Å². The topological polar surface area (TPSA) is 52.4 Å². The predicted octanol–water partition coefficient (Wildman–Crippen LogP) is 3.22. The maximum atomic E-state index is 7.02. The highest BCUT2D eigenvalue weighted by Crippen LogP contribution is 2.30. The van der Waals surface area contributed by atoms with Gasteiger partial charge in [0.05, 0.1) is 6.57 Å². The Morgan fingerprint density at radius 2 is 2.21 bits per heavy atom. The van der Waals surface area contributed by atoms with Crippen LogP contribution in [0.2, 0.25) is 0 Å². The summed E-state index contributed by atoms with van der Waals surface area (Å²) in [5, 5.41) is 1.17. The Morgan fingerprint density at radius 3 is 3.00 bits per heavy atom. The number of anilines is 2. The van der Waals surface area contributed by atoms with E-state index in [1.165, 1.54) is 11.1 Å². The van der Waals surface area contributed by atoms with Crippen LogP contribution in [0, 0.1) is 6.57 Å². The van der Waals surface area contributed by atoms with Gasteiger partial charge in [0, 0.05) is 55.8 Å². The van der Waals surface area contributed by atoms with E-state index < -0.39 is 0 Å². The third-order valence-electron chi connectivity index (χ3n) is 4.71. The standard InChI is InChI=1S/C18H18N6/c1-19-13-3-4-17(22-11-13)23(2)14-7-10-24(12-14)16-6-9-21-18-15(16)5-8-20-18/h3-6,8-9,11,14H,7,10,12H2,2H3,(H,20,21)/t14-/m1/s1. The summed E-state index contributed by atoms with van der Waals surface area (Å²) < 4.78 is 0. The van der Waals surface area contributed by atoms with E-state index in [2.05, 4.69) is 48.8 Å². The Balaban J connectivity index is 1.53. The van der Waals surface area contributed by atoms with E-state index in [9.17, 15) is 0 Å². The van der Waals surface area contributed by atoms with Crippen molar-refractivity contribution in [3.8, 4) is 0 Å². The van der Waals surface area contributed by atoms with Crippen LogP contribution in [-0.4, -0.2) is 41.1 Å². The molecule has 0 saturated carbocycles. The lowest BCUT2D eigenvalue weighted by Crippen LogP contribution is -2.35. The molecule has 0 spiro atoms. The maximum Gasteiger partial charge on any atom is 0.205 e. The van der Waals surface area contributed by atoms with Crippen molar-refractivity contribution >= 4 is 28.2 Å². The quantitative estimate of drug-likeness (QED) is 0.753. The molecular weight excluding hydrogens is 300 g/mol. The van der Waals surface area contributed by atoms with Crippen molar-refractivity contribution in [2.24, 2.45) is 0 Å². The van der Waals surface area contributed by atoms with Crippen molar-refractivity contribution in [1.82, 2.24) is 15.0 Å². The van der Waals surface area contributed by atoms with Crippen LogP contribution in [-0.2, 0) is 0 Å². The minimum atomic E-state index is 0.401. The van der Waals surface area contributed by atoms with Gasteiger partial charge in [0.15, 0.2) is 0 Å². The minimum absolute atomic E-state index is 0.401. The normalized spacial score (nSPS) is 17.2. The Bertz CT molecular complexity index is 892. The van der Waals surface area contributed by atoms with Crippen molar-refractivity contribution in [3.05, 3.63) is 54.3 Å². The Kier molecular flexibility index (Phi) is 3.54. The highest BCUT2D eigenvalue weighted by molar-refractivity contribution is 5.89. The van der Waals surface area contributed by atoms with Crippen LogP contribution in [0.1, 0.15) is 6.42 Å². The smallest absolute Gasteiger partial charge is 0.205 e. The third kappa shape index (κ3) is 2.44. The van der Waals surface area contributed by atoms with Crippen LogP contribution in [0.25, 0.3) is 15.9 Å². The van der Waals surface area contributed by atoms with Gasteiger partial charge in [0.25, 0.3) is 0 Å². The first-order valence-electron chi connectivity index (χ1n) is 7.99. The summed E-state index contributed by atoms with van der Waals surface area (Å²) >= 11 is 0. The number of hydrogen-bond acceptors (Lipinski definition) is 4. The van der Waals surface area contributed by atoms with E-state index in [-0.39, 0.29) is 0 Å². The summed E-state index contributed by atoms with van der Waals surface area (Å²) in [4.78, 5) is 20.0. The molecule has 1 aliphatic heterocycles. The molecule has 4 heterocycles. The zero-order valence-electron chi connectivity index (χ0n) is 13.5. The van der Waals surface area contributed by atoms with Gasteiger partial charge in [-0.1, -0.05) is 6.07 Å². The fraction of sp³-hybridized carbons (Fsp3) is 0.278. The molecular formula is C18H18N6. The number of hydrogen-bond donors (Lipinski definition) is 1. The SMILES string of the molecule is [C-]#[N+]c1ccc(N(C)[C@@H]2CCN(c3ccnc4[nH]ccc34)C2)nc1. The van der Waals surface area contributed by atoms with Gasteiger partial charge in [-0.25, -0.2) is 9.83 Å². The van der Waals surface area contributed by atoms with Gasteiger partial charge >= 0.3 is 0 Å². The maximum absolute atomic E-state index is 7.02. The Hall–Kier alpha value is -3.07. The first kappa shape index (κ1) is 14.5. The van der Waals surface area contributed by atoms with Gasteiger partial charge in [0.2, 0.25) is 5.69 Å². The van der Waals surface area contributed by atoms with Crippen LogP contribution in [0.4, 0.5) is 17.2 Å². The van der Waals surface area contributed by atoms with E-state index in [4.69, 9.17) is 6.57 Å². The summed E-state index contributed by atoms with van der Waals surface area (Å²) in [6, 6.07) is 8.32. The van der Waals surface area contributed by atoms with Gasteiger partial charge in [-0.2, -0.15) is 0 Å². The average molecular weight is 318 g/mol. The Morgan fingerprint density at radius 1 is 1.29 bits per heavy atom. The van der Waals surface area contributed by atoms with Crippen molar-refractivity contribution in [1.29, 1.82) is 0 Å². The number of pyridine rings is 2. The van der Waals surface area contributed by atoms with Gasteiger partial charge in [0.1, 0.15) is 11.5 Å². The first-order chi connectivity index (χ1) is 11.8. The molecule has 0 unspecified atom stereocenters. The minimum Gasteiger partial charge on any atom is -0.369 e. The van der Waals surface area contributed by atoms with Crippen LogP contribution >= 0.6 is 0 Å². The number of nitrogens with zero attached hydrogens (tertiary/aromatic N) is 5. The van der Waals surface area contributed by atoms with E-state index in [0.29, 0.717) is 11.7 Å². The molecule has 3 aromatic heterocycles. The highest BCUT2D eigenvalue weighted by Gasteiger charge is 2.27. The van der Waals surface area contributed by atoms with Crippen molar-refractivity contribution in [2.75, 3.05) is 29.9 Å². The largest absolute Gasteiger partial charge is 0.369 e. The monoisotopic (exact) mass is 318 g/mol. The molecule has 1 N–H and O–H groups in total. The molecule has 6 nitrogen and oxygen atoms in total. The second kappa shape index (κ2) is 5.85. The van der Waals surface area contributed by atoms with E-state index in [0.717, 1.165) is 31.0 Å². The zero-order valence-corrected chi connectivity index (χ0v) is 13.5. The lowest BCUT2D eigenvalue weighted by molar-refractivity contribution is 0.685. The molecule has 1 saturated heterocycles. The van der Waals surface area contributed by atoms with Crippen LogP contribution in [0.15, 0.2) is 42.9 Å². The van der Waals surface area contributed by atoms with Crippen LogP contribution in [0.3, 0.4) is 0 Å². The van der Waals surface area contributed by atoms with Crippen molar-refractivity contribution in [3.63, 3.8) is 0 Å². The van der Waals surface area contributed by atoms with E-state index in [1.807, 2.05) is 24.5 Å². The molecule has 3 aromatic rings. The van der Waals surface area contributed by atoms with E-state index in [1.54, 1.807) is 6.20 Å². The highest BCUT2D eigenvalue weighted by atomic mass is 15.3. The number of likely N-dealkylation sites (N-methyl/N-ethyl adjacent to an activating group) is 1. The molecule has 0 bridgehead atoms. The molecule has 1 atom stereocenters. The molecule has 120 valence electrons. The molecule has 1 fully saturated rings. The van der Waals surface area contributed by atoms with Gasteiger partial charge in [-0.3, -0.25) is 4.98 Å². The Labute approximate surface area is 140 Å². The number of H-pyrrole nitrogens is 1. The molecule has 0 radical (unpaired) electrons. The summed E-state index contributed by atoms with van der Waals surface area (Å²) in [6.07, 6.45) is 6.51. The molecule has 1 aliphatic rings. The molecule has 0 aliphatic carbocycles. The molecule has 4 rings (SSSR count). The lowest BCUT2D eigenvalue weighted by atomic mass is 10.2. The predicted molar refractivity (Wildman–Crippen MR) is 95.6 cm³/mol.